The normalized spacial score (nSPS) is 45.4. The summed E-state index contributed by atoms with van der Waals surface area (Å²) >= 11 is 0. The molecule has 0 heterocycles. The average molecular weight is 209 g/mol. The van der Waals surface area contributed by atoms with E-state index in [4.69, 9.17) is 5.73 Å². The molecule has 2 unspecified atom stereocenters. The highest BCUT2D eigenvalue weighted by atomic mass is 14.9. The molecule has 0 bridgehead atoms. The van der Waals surface area contributed by atoms with Gasteiger partial charge in [-0.15, -0.1) is 0 Å². The lowest BCUT2D eigenvalue weighted by molar-refractivity contribution is 0.219. The highest BCUT2D eigenvalue weighted by Gasteiger charge is 2.54. The molecule has 2 aliphatic carbocycles. The van der Waals surface area contributed by atoms with Crippen LogP contribution in [0.4, 0.5) is 0 Å². The van der Waals surface area contributed by atoms with Crippen LogP contribution in [0.15, 0.2) is 0 Å². The van der Waals surface area contributed by atoms with Crippen molar-refractivity contribution in [3.05, 3.63) is 0 Å². The quantitative estimate of drug-likeness (QED) is 0.750. The summed E-state index contributed by atoms with van der Waals surface area (Å²) in [5, 5.41) is 0. The second kappa shape index (κ2) is 4.45. The number of nitrogens with two attached hydrogens (primary N) is 1. The predicted molar refractivity (Wildman–Crippen MR) is 65.7 cm³/mol. The Hall–Kier alpha value is -0.0400. The standard InChI is InChI=1S/C14H27N/c1-3-5-13-10-14(13,15)12-8-6-11(4-2)7-9-12/h11-13H,3-10,15H2,1-2H3. The van der Waals surface area contributed by atoms with Crippen molar-refractivity contribution in [1.82, 2.24) is 0 Å². The van der Waals surface area contributed by atoms with Gasteiger partial charge in [-0.25, -0.2) is 0 Å². The van der Waals surface area contributed by atoms with Crippen molar-refractivity contribution < 1.29 is 0 Å². The predicted octanol–water partition coefficient (Wildman–Crippen LogP) is 3.72. The molecule has 2 N–H and O–H groups in total. The van der Waals surface area contributed by atoms with Gasteiger partial charge in [-0.2, -0.15) is 0 Å². The van der Waals surface area contributed by atoms with Gasteiger partial charge in [0.1, 0.15) is 0 Å². The average Bonchev–Trinajstić information content (AvgIpc) is 2.92. The van der Waals surface area contributed by atoms with Gasteiger partial charge in [0.15, 0.2) is 0 Å². The van der Waals surface area contributed by atoms with Crippen LogP contribution in [-0.4, -0.2) is 5.54 Å². The maximum absolute atomic E-state index is 6.54. The van der Waals surface area contributed by atoms with Crippen molar-refractivity contribution in [1.29, 1.82) is 0 Å². The molecule has 0 aliphatic heterocycles. The molecule has 0 aromatic carbocycles. The fraction of sp³-hybridized carbons (Fsp3) is 1.00. The first-order chi connectivity index (χ1) is 7.20. The lowest BCUT2D eigenvalue weighted by Crippen LogP contribution is -2.37. The van der Waals surface area contributed by atoms with E-state index in [2.05, 4.69) is 13.8 Å². The first-order valence-electron chi connectivity index (χ1n) is 6.99. The van der Waals surface area contributed by atoms with Gasteiger partial charge in [0.25, 0.3) is 0 Å². The summed E-state index contributed by atoms with van der Waals surface area (Å²) in [7, 11) is 0. The topological polar surface area (TPSA) is 26.0 Å². The van der Waals surface area contributed by atoms with E-state index in [1.54, 1.807) is 0 Å². The fourth-order valence-electron chi connectivity index (χ4n) is 3.70. The van der Waals surface area contributed by atoms with Crippen molar-refractivity contribution in [2.75, 3.05) is 0 Å². The molecule has 2 saturated carbocycles. The molecule has 2 fully saturated rings. The van der Waals surface area contributed by atoms with Crippen LogP contribution in [0.3, 0.4) is 0 Å². The minimum Gasteiger partial charge on any atom is -0.325 e. The maximum Gasteiger partial charge on any atom is 0.0215 e. The molecule has 2 atom stereocenters. The van der Waals surface area contributed by atoms with E-state index in [1.807, 2.05) is 0 Å². The Morgan fingerprint density at radius 2 is 1.80 bits per heavy atom. The Morgan fingerprint density at radius 3 is 2.33 bits per heavy atom. The van der Waals surface area contributed by atoms with Crippen LogP contribution < -0.4 is 5.73 Å². The largest absolute Gasteiger partial charge is 0.325 e. The zero-order chi connectivity index (χ0) is 10.9. The van der Waals surface area contributed by atoms with Crippen molar-refractivity contribution in [2.24, 2.45) is 23.5 Å². The third-order valence-electron chi connectivity index (χ3n) is 5.02. The Kier molecular flexibility index (Phi) is 3.39. The lowest BCUT2D eigenvalue weighted by Gasteiger charge is -2.32. The van der Waals surface area contributed by atoms with E-state index < -0.39 is 0 Å². The number of rotatable bonds is 4. The summed E-state index contributed by atoms with van der Waals surface area (Å²) in [6, 6.07) is 0. The van der Waals surface area contributed by atoms with Crippen LogP contribution in [0, 0.1) is 17.8 Å². The number of hydrogen-bond donors (Lipinski definition) is 1. The minimum absolute atomic E-state index is 0.273. The SMILES string of the molecule is CCCC1CC1(N)C1CCC(CC)CC1. The summed E-state index contributed by atoms with van der Waals surface area (Å²) in [4.78, 5) is 0. The zero-order valence-corrected chi connectivity index (χ0v) is 10.5. The third kappa shape index (κ3) is 2.22. The van der Waals surface area contributed by atoms with Crippen LogP contribution in [0.25, 0.3) is 0 Å². The molecule has 15 heavy (non-hydrogen) atoms. The van der Waals surface area contributed by atoms with Gasteiger partial charge in [0.2, 0.25) is 0 Å². The van der Waals surface area contributed by atoms with Crippen LogP contribution in [0.2, 0.25) is 0 Å². The Labute approximate surface area is 94.8 Å². The lowest BCUT2D eigenvalue weighted by atomic mass is 9.76. The zero-order valence-electron chi connectivity index (χ0n) is 10.5. The van der Waals surface area contributed by atoms with Gasteiger partial charge in [0.05, 0.1) is 0 Å². The van der Waals surface area contributed by atoms with Crippen LogP contribution in [0.1, 0.15) is 65.2 Å². The van der Waals surface area contributed by atoms with Crippen molar-refractivity contribution in [3.8, 4) is 0 Å². The third-order valence-corrected chi connectivity index (χ3v) is 5.02. The van der Waals surface area contributed by atoms with Gasteiger partial charge in [-0.3, -0.25) is 0 Å². The van der Waals surface area contributed by atoms with Gasteiger partial charge in [0, 0.05) is 5.54 Å². The molecule has 88 valence electrons. The number of hydrogen-bond acceptors (Lipinski definition) is 1. The van der Waals surface area contributed by atoms with E-state index in [0.29, 0.717) is 0 Å². The van der Waals surface area contributed by atoms with Crippen molar-refractivity contribution >= 4 is 0 Å². The molecule has 0 spiro atoms. The molecule has 2 rings (SSSR count). The first-order valence-corrected chi connectivity index (χ1v) is 6.99. The van der Waals surface area contributed by atoms with Crippen molar-refractivity contribution in [2.45, 2.75) is 70.8 Å². The summed E-state index contributed by atoms with van der Waals surface area (Å²) in [6.45, 7) is 4.62. The van der Waals surface area contributed by atoms with Gasteiger partial charge in [-0.1, -0.05) is 39.5 Å². The molecule has 0 aromatic rings. The van der Waals surface area contributed by atoms with Gasteiger partial charge < -0.3 is 5.73 Å². The van der Waals surface area contributed by atoms with Crippen LogP contribution in [-0.2, 0) is 0 Å². The Balaban J connectivity index is 1.81. The van der Waals surface area contributed by atoms with E-state index in [1.165, 1.54) is 51.4 Å². The minimum atomic E-state index is 0.273. The van der Waals surface area contributed by atoms with E-state index >= 15 is 0 Å². The second-order valence-electron chi connectivity index (χ2n) is 5.93. The molecule has 2 aliphatic rings. The summed E-state index contributed by atoms with van der Waals surface area (Å²) in [5.74, 6) is 2.73. The monoisotopic (exact) mass is 209 g/mol. The molecule has 1 nitrogen and oxygen atoms in total. The van der Waals surface area contributed by atoms with Gasteiger partial charge >= 0.3 is 0 Å². The molecule has 0 aromatic heterocycles. The van der Waals surface area contributed by atoms with E-state index in [9.17, 15) is 0 Å². The molecular weight excluding hydrogens is 182 g/mol. The molecule has 1 heteroatoms. The van der Waals surface area contributed by atoms with Crippen LogP contribution >= 0.6 is 0 Å². The highest BCUT2D eigenvalue weighted by molar-refractivity contribution is 5.11. The van der Waals surface area contributed by atoms with Crippen molar-refractivity contribution in [3.63, 3.8) is 0 Å². The first kappa shape index (κ1) is 11.4. The Bertz CT molecular complexity index is 205. The molecular formula is C14H27N. The summed E-state index contributed by atoms with van der Waals surface area (Å²) in [6.07, 6.45) is 11.1. The molecule has 0 amide bonds. The Morgan fingerprint density at radius 1 is 1.13 bits per heavy atom. The highest BCUT2D eigenvalue weighted by Crippen LogP contribution is 2.54. The maximum atomic E-state index is 6.54. The van der Waals surface area contributed by atoms with E-state index in [-0.39, 0.29) is 5.54 Å². The summed E-state index contributed by atoms with van der Waals surface area (Å²) < 4.78 is 0. The summed E-state index contributed by atoms with van der Waals surface area (Å²) in [5.41, 5.74) is 6.81. The molecule has 0 radical (unpaired) electrons. The van der Waals surface area contributed by atoms with E-state index in [0.717, 1.165) is 17.8 Å². The fourth-order valence-corrected chi connectivity index (χ4v) is 3.70. The smallest absolute Gasteiger partial charge is 0.0215 e. The molecule has 0 saturated heterocycles. The second-order valence-corrected chi connectivity index (χ2v) is 5.93. The van der Waals surface area contributed by atoms with Crippen LogP contribution in [0.5, 0.6) is 0 Å². The van der Waals surface area contributed by atoms with Gasteiger partial charge in [-0.05, 0) is 43.4 Å².